The molecule has 0 fully saturated rings. The monoisotopic (exact) mass is 362 g/mol. The van der Waals surface area contributed by atoms with Crippen molar-refractivity contribution in [1.82, 2.24) is 0 Å². The smallest absolute Gasteiger partial charge is 0.261 e. The summed E-state index contributed by atoms with van der Waals surface area (Å²) >= 11 is 0. The van der Waals surface area contributed by atoms with Gasteiger partial charge in [0.1, 0.15) is 5.82 Å². The maximum absolute atomic E-state index is 13.4. The molecule has 1 amide bonds. The Morgan fingerprint density at radius 1 is 1.20 bits per heavy atom. The SMILES string of the molecule is CC(=O)N1CCCc2cc(NS(=O)(=O)c3ccc(F)c(C)c3)ccc21. The lowest BCUT2D eigenvalue weighted by Gasteiger charge is -2.29. The number of halogens is 1. The fraction of sp³-hybridized carbons (Fsp3) is 0.278. The first-order valence-corrected chi connectivity index (χ1v) is 9.46. The van der Waals surface area contributed by atoms with E-state index in [2.05, 4.69) is 4.72 Å². The van der Waals surface area contributed by atoms with Crippen LogP contribution in [0.2, 0.25) is 0 Å². The van der Waals surface area contributed by atoms with Gasteiger partial charge in [-0.05, 0) is 67.3 Å². The van der Waals surface area contributed by atoms with Gasteiger partial charge in [0, 0.05) is 24.8 Å². The molecule has 7 heteroatoms. The van der Waals surface area contributed by atoms with Crippen molar-refractivity contribution in [3.63, 3.8) is 0 Å². The van der Waals surface area contributed by atoms with Crippen molar-refractivity contribution in [2.45, 2.75) is 31.6 Å². The molecule has 0 spiro atoms. The Morgan fingerprint density at radius 3 is 2.64 bits per heavy atom. The van der Waals surface area contributed by atoms with E-state index in [1.165, 1.54) is 26.0 Å². The molecule has 2 aromatic rings. The van der Waals surface area contributed by atoms with Crippen molar-refractivity contribution in [2.24, 2.45) is 0 Å². The van der Waals surface area contributed by atoms with Crippen molar-refractivity contribution in [3.8, 4) is 0 Å². The van der Waals surface area contributed by atoms with Gasteiger partial charge in [0.25, 0.3) is 10.0 Å². The number of nitrogens with one attached hydrogen (secondary N) is 1. The maximum Gasteiger partial charge on any atom is 0.261 e. The molecule has 132 valence electrons. The van der Waals surface area contributed by atoms with Gasteiger partial charge in [-0.25, -0.2) is 12.8 Å². The van der Waals surface area contributed by atoms with Gasteiger partial charge in [0.05, 0.1) is 4.90 Å². The molecule has 0 unspecified atom stereocenters. The summed E-state index contributed by atoms with van der Waals surface area (Å²) in [7, 11) is -3.81. The van der Waals surface area contributed by atoms with Gasteiger partial charge in [-0.2, -0.15) is 0 Å². The summed E-state index contributed by atoms with van der Waals surface area (Å²) in [4.78, 5) is 13.4. The highest BCUT2D eigenvalue weighted by Gasteiger charge is 2.21. The quantitative estimate of drug-likeness (QED) is 0.912. The molecular formula is C18H19FN2O3S. The molecule has 0 aromatic heterocycles. The average Bonchev–Trinajstić information content (AvgIpc) is 2.56. The summed E-state index contributed by atoms with van der Waals surface area (Å²) in [5, 5.41) is 0. The molecule has 0 bridgehead atoms. The molecule has 25 heavy (non-hydrogen) atoms. The number of carbonyl (C=O) groups is 1. The highest BCUT2D eigenvalue weighted by atomic mass is 32.2. The molecule has 0 aliphatic carbocycles. The van der Waals surface area contributed by atoms with Crippen molar-refractivity contribution in [2.75, 3.05) is 16.2 Å². The van der Waals surface area contributed by atoms with Crippen LogP contribution in [0.25, 0.3) is 0 Å². The third-order valence-corrected chi connectivity index (χ3v) is 5.65. The fourth-order valence-electron chi connectivity index (χ4n) is 2.99. The number of hydrogen-bond donors (Lipinski definition) is 1. The predicted octanol–water partition coefficient (Wildman–Crippen LogP) is 3.23. The number of anilines is 2. The van der Waals surface area contributed by atoms with Crippen molar-refractivity contribution in [1.29, 1.82) is 0 Å². The summed E-state index contributed by atoms with van der Waals surface area (Å²) in [6.45, 7) is 3.70. The van der Waals surface area contributed by atoms with E-state index >= 15 is 0 Å². The highest BCUT2D eigenvalue weighted by Crippen LogP contribution is 2.30. The second-order valence-electron chi connectivity index (χ2n) is 6.13. The molecule has 1 heterocycles. The van der Waals surface area contributed by atoms with E-state index in [0.29, 0.717) is 12.2 Å². The lowest BCUT2D eigenvalue weighted by molar-refractivity contribution is -0.116. The Balaban J connectivity index is 1.90. The zero-order valence-electron chi connectivity index (χ0n) is 14.0. The van der Waals surface area contributed by atoms with Crippen LogP contribution in [-0.4, -0.2) is 20.9 Å². The molecule has 0 atom stereocenters. The Bertz CT molecular complexity index is 941. The topological polar surface area (TPSA) is 66.5 Å². The Labute approximate surface area is 146 Å². The number of benzene rings is 2. The van der Waals surface area contributed by atoms with Crippen LogP contribution < -0.4 is 9.62 Å². The normalized spacial score (nSPS) is 14.1. The van der Waals surface area contributed by atoms with Crippen molar-refractivity contribution >= 4 is 27.3 Å². The molecule has 0 saturated heterocycles. The van der Waals surface area contributed by atoms with E-state index in [-0.39, 0.29) is 16.4 Å². The molecular weight excluding hydrogens is 343 g/mol. The van der Waals surface area contributed by atoms with Crippen molar-refractivity contribution in [3.05, 3.63) is 53.3 Å². The summed E-state index contributed by atoms with van der Waals surface area (Å²) in [6.07, 6.45) is 1.62. The summed E-state index contributed by atoms with van der Waals surface area (Å²) in [5.74, 6) is -0.479. The van der Waals surface area contributed by atoms with Crippen LogP contribution in [0, 0.1) is 12.7 Å². The number of amides is 1. The minimum absolute atomic E-state index is 0.00878. The number of nitrogens with zero attached hydrogens (tertiary/aromatic N) is 1. The summed E-state index contributed by atoms with van der Waals surface area (Å²) < 4.78 is 40.9. The van der Waals surface area contributed by atoms with E-state index in [9.17, 15) is 17.6 Å². The number of carbonyl (C=O) groups excluding carboxylic acids is 1. The van der Waals surface area contributed by atoms with Gasteiger partial charge in [-0.3, -0.25) is 9.52 Å². The van der Waals surface area contributed by atoms with E-state index in [1.807, 2.05) is 0 Å². The molecule has 0 radical (unpaired) electrons. The Kier molecular flexibility index (Phi) is 4.51. The average molecular weight is 362 g/mol. The molecule has 1 aliphatic rings. The third-order valence-electron chi connectivity index (χ3n) is 4.27. The first-order chi connectivity index (χ1) is 11.8. The highest BCUT2D eigenvalue weighted by molar-refractivity contribution is 7.92. The van der Waals surface area contributed by atoms with Crippen LogP contribution in [0.1, 0.15) is 24.5 Å². The lowest BCUT2D eigenvalue weighted by atomic mass is 10.0. The summed E-state index contributed by atoms with van der Waals surface area (Å²) in [5.41, 5.74) is 2.44. The van der Waals surface area contributed by atoms with Crippen LogP contribution in [0.3, 0.4) is 0 Å². The van der Waals surface area contributed by atoms with Gasteiger partial charge < -0.3 is 4.90 Å². The number of hydrogen-bond acceptors (Lipinski definition) is 3. The van der Waals surface area contributed by atoms with Gasteiger partial charge >= 0.3 is 0 Å². The van der Waals surface area contributed by atoms with Gasteiger partial charge in [-0.15, -0.1) is 0 Å². The zero-order valence-corrected chi connectivity index (χ0v) is 14.9. The zero-order chi connectivity index (χ0) is 18.2. The third kappa shape index (κ3) is 3.51. The first kappa shape index (κ1) is 17.4. The van der Waals surface area contributed by atoms with Crippen LogP contribution in [0.15, 0.2) is 41.3 Å². The number of aryl methyl sites for hydroxylation is 2. The second kappa shape index (κ2) is 6.48. The molecule has 2 aromatic carbocycles. The Hall–Kier alpha value is -2.41. The Morgan fingerprint density at radius 2 is 1.96 bits per heavy atom. The standard InChI is InChI=1S/C18H19FN2O3S/c1-12-10-16(6-7-17(12)19)25(23,24)20-15-5-8-18-14(11-15)4-3-9-21(18)13(2)22/h5-8,10-11,20H,3-4,9H2,1-2H3. The number of fused-ring (bicyclic) bond motifs is 1. The second-order valence-corrected chi connectivity index (χ2v) is 7.82. The van der Waals surface area contributed by atoms with Crippen LogP contribution >= 0.6 is 0 Å². The molecule has 5 nitrogen and oxygen atoms in total. The predicted molar refractivity (Wildman–Crippen MR) is 94.7 cm³/mol. The number of sulfonamides is 1. The first-order valence-electron chi connectivity index (χ1n) is 7.98. The van der Waals surface area contributed by atoms with Crippen LogP contribution in [-0.2, 0) is 21.2 Å². The van der Waals surface area contributed by atoms with Gasteiger partial charge in [-0.1, -0.05) is 0 Å². The van der Waals surface area contributed by atoms with Gasteiger partial charge in [0.2, 0.25) is 5.91 Å². The minimum atomic E-state index is -3.81. The van der Waals surface area contributed by atoms with E-state index < -0.39 is 15.8 Å². The van der Waals surface area contributed by atoms with Crippen LogP contribution in [0.5, 0.6) is 0 Å². The van der Waals surface area contributed by atoms with E-state index in [4.69, 9.17) is 0 Å². The fourth-order valence-corrected chi connectivity index (χ4v) is 4.12. The molecule has 3 rings (SSSR count). The van der Waals surface area contributed by atoms with E-state index in [0.717, 1.165) is 30.2 Å². The largest absolute Gasteiger partial charge is 0.312 e. The summed E-state index contributed by atoms with van der Waals surface area (Å²) in [6, 6.07) is 8.81. The minimum Gasteiger partial charge on any atom is -0.312 e. The lowest BCUT2D eigenvalue weighted by Crippen LogP contribution is -2.33. The van der Waals surface area contributed by atoms with Crippen LogP contribution in [0.4, 0.5) is 15.8 Å². The van der Waals surface area contributed by atoms with Crippen molar-refractivity contribution < 1.29 is 17.6 Å². The molecule has 1 N–H and O–H groups in total. The maximum atomic E-state index is 13.4. The van der Waals surface area contributed by atoms with E-state index in [1.54, 1.807) is 23.1 Å². The molecule has 1 aliphatic heterocycles. The number of rotatable bonds is 3. The molecule has 0 saturated carbocycles. The van der Waals surface area contributed by atoms with Gasteiger partial charge in [0.15, 0.2) is 0 Å².